The van der Waals surface area contributed by atoms with Crippen molar-refractivity contribution in [2.75, 3.05) is 0 Å². The molecule has 4 nitrogen and oxygen atoms in total. The fourth-order valence-corrected chi connectivity index (χ4v) is 3.74. The second kappa shape index (κ2) is 11.6. The van der Waals surface area contributed by atoms with Gasteiger partial charge in [-0.2, -0.15) is 0 Å². The second-order valence-corrected chi connectivity index (χ2v) is 8.52. The number of amides is 2. The third-order valence-corrected chi connectivity index (χ3v) is 6.01. The van der Waals surface area contributed by atoms with Crippen LogP contribution in [0.1, 0.15) is 44.7 Å². The molecule has 0 radical (unpaired) electrons. The molecule has 2 amide bonds. The summed E-state index contributed by atoms with van der Waals surface area (Å²) in [5.74, 6) is -0.362. The Hall–Kier alpha value is -1.75. The van der Waals surface area contributed by atoms with Gasteiger partial charge >= 0.3 is 0 Å². The van der Waals surface area contributed by atoms with E-state index in [0.29, 0.717) is 27.1 Å². The van der Waals surface area contributed by atoms with Crippen LogP contribution in [0.15, 0.2) is 42.5 Å². The van der Waals surface area contributed by atoms with Gasteiger partial charge in [0.15, 0.2) is 0 Å². The van der Waals surface area contributed by atoms with E-state index in [2.05, 4.69) is 5.32 Å². The van der Waals surface area contributed by atoms with Crippen molar-refractivity contribution in [3.63, 3.8) is 0 Å². The maximum Gasteiger partial charge on any atom is 0.243 e. The molecule has 2 unspecified atom stereocenters. The van der Waals surface area contributed by atoms with Gasteiger partial charge in [-0.15, -0.1) is 0 Å². The molecule has 7 heteroatoms. The Morgan fingerprint density at radius 1 is 0.967 bits per heavy atom. The quantitative estimate of drug-likeness (QED) is 0.496. The molecule has 0 bridgehead atoms. The average molecular weight is 470 g/mol. The minimum absolute atomic E-state index is 0.0173. The first-order chi connectivity index (χ1) is 14.3. The van der Waals surface area contributed by atoms with Crippen molar-refractivity contribution in [1.29, 1.82) is 0 Å². The normalized spacial score (nSPS) is 12.9. The van der Waals surface area contributed by atoms with Crippen LogP contribution in [0.5, 0.6) is 0 Å². The van der Waals surface area contributed by atoms with Crippen LogP contribution in [0.3, 0.4) is 0 Å². The van der Waals surface area contributed by atoms with Crippen molar-refractivity contribution in [2.45, 2.75) is 58.7 Å². The van der Waals surface area contributed by atoms with E-state index in [9.17, 15) is 9.59 Å². The largest absolute Gasteiger partial charge is 0.352 e. The van der Waals surface area contributed by atoms with Crippen LogP contribution in [0.4, 0.5) is 0 Å². The second-order valence-electron chi connectivity index (χ2n) is 7.27. The van der Waals surface area contributed by atoms with Crippen LogP contribution in [0, 0.1) is 0 Å². The molecule has 0 heterocycles. The molecule has 0 aliphatic carbocycles. The van der Waals surface area contributed by atoms with Gasteiger partial charge in [-0.05, 0) is 49.6 Å². The molecule has 0 saturated heterocycles. The zero-order valence-electron chi connectivity index (χ0n) is 17.4. The van der Waals surface area contributed by atoms with Gasteiger partial charge in [0.05, 0.1) is 6.42 Å². The predicted molar refractivity (Wildman–Crippen MR) is 124 cm³/mol. The van der Waals surface area contributed by atoms with Gasteiger partial charge in [-0.3, -0.25) is 9.59 Å². The summed E-state index contributed by atoms with van der Waals surface area (Å²) in [7, 11) is 0. The summed E-state index contributed by atoms with van der Waals surface area (Å²) in [5.41, 5.74) is 1.44. The zero-order chi connectivity index (χ0) is 22.3. The number of hydrogen-bond donors (Lipinski definition) is 1. The van der Waals surface area contributed by atoms with Crippen molar-refractivity contribution < 1.29 is 9.59 Å². The molecule has 2 aromatic rings. The highest BCUT2D eigenvalue weighted by Crippen LogP contribution is 2.27. The highest BCUT2D eigenvalue weighted by molar-refractivity contribution is 6.36. The van der Waals surface area contributed by atoms with Crippen molar-refractivity contribution in [3.8, 4) is 0 Å². The lowest BCUT2D eigenvalue weighted by atomic mass is 10.1. The maximum atomic E-state index is 13.3. The summed E-state index contributed by atoms with van der Waals surface area (Å²) < 4.78 is 0. The third-order valence-electron chi connectivity index (χ3n) is 5.05. The number of rotatable bonds is 9. The SMILES string of the molecule is CCC(C)NC(=O)C(CC)N(Cc1c(Cl)cccc1Cl)C(=O)Cc1ccc(Cl)cc1. The van der Waals surface area contributed by atoms with Gasteiger partial charge in [0.1, 0.15) is 6.04 Å². The van der Waals surface area contributed by atoms with E-state index >= 15 is 0 Å². The molecule has 0 aliphatic rings. The Bertz CT molecular complexity index is 851. The van der Waals surface area contributed by atoms with Crippen molar-refractivity contribution >= 4 is 46.6 Å². The van der Waals surface area contributed by atoms with E-state index < -0.39 is 6.04 Å². The molecule has 2 atom stereocenters. The van der Waals surface area contributed by atoms with Crippen LogP contribution < -0.4 is 5.32 Å². The van der Waals surface area contributed by atoms with E-state index in [1.807, 2.05) is 20.8 Å². The van der Waals surface area contributed by atoms with Crippen LogP contribution in [0.2, 0.25) is 15.1 Å². The first-order valence-electron chi connectivity index (χ1n) is 10.0. The smallest absolute Gasteiger partial charge is 0.243 e. The number of nitrogens with one attached hydrogen (secondary N) is 1. The third kappa shape index (κ3) is 6.63. The van der Waals surface area contributed by atoms with Crippen molar-refractivity contribution in [3.05, 3.63) is 68.7 Å². The molecule has 0 fully saturated rings. The minimum Gasteiger partial charge on any atom is -0.352 e. The van der Waals surface area contributed by atoms with Crippen molar-refractivity contribution in [2.24, 2.45) is 0 Å². The van der Waals surface area contributed by atoms with E-state index in [1.165, 1.54) is 0 Å². The Labute approximate surface area is 193 Å². The molecular weight excluding hydrogens is 443 g/mol. The summed E-state index contributed by atoms with van der Waals surface area (Å²) in [6.45, 7) is 5.98. The summed E-state index contributed by atoms with van der Waals surface area (Å²) in [6, 6.07) is 11.7. The fourth-order valence-electron chi connectivity index (χ4n) is 3.09. The van der Waals surface area contributed by atoms with E-state index in [1.54, 1.807) is 47.4 Å². The first kappa shape index (κ1) is 24.5. The Morgan fingerprint density at radius 2 is 1.57 bits per heavy atom. The standard InChI is InChI=1S/C23H27Cl3N2O2/c1-4-15(3)27-23(30)21(5-2)28(14-18-19(25)7-6-8-20(18)26)22(29)13-16-9-11-17(24)12-10-16/h6-12,15,21H,4-5,13-14H2,1-3H3,(H,27,30). The lowest BCUT2D eigenvalue weighted by Crippen LogP contribution is -2.51. The summed E-state index contributed by atoms with van der Waals surface area (Å²) in [5, 5.41) is 4.51. The van der Waals surface area contributed by atoms with Crippen LogP contribution >= 0.6 is 34.8 Å². The van der Waals surface area contributed by atoms with Crippen LogP contribution in [-0.4, -0.2) is 28.8 Å². The van der Waals surface area contributed by atoms with Gasteiger partial charge < -0.3 is 10.2 Å². The molecule has 0 aliphatic heterocycles. The van der Waals surface area contributed by atoms with E-state index in [4.69, 9.17) is 34.8 Å². The Morgan fingerprint density at radius 3 is 2.10 bits per heavy atom. The lowest BCUT2D eigenvalue weighted by molar-refractivity contribution is -0.141. The number of carbonyl (C=O) groups is 2. The lowest BCUT2D eigenvalue weighted by Gasteiger charge is -2.32. The van der Waals surface area contributed by atoms with Gasteiger partial charge in [-0.25, -0.2) is 0 Å². The fraction of sp³-hybridized carbons (Fsp3) is 0.391. The molecule has 2 aromatic carbocycles. The first-order valence-corrected chi connectivity index (χ1v) is 11.2. The Balaban J connectivity index is 2.35. The number of halogens is 3. The number of nitrogens with zero attached hydrogens (tertiary/aromatic N) is 1. The molecule has 30 heavy (non-hydrogen) atoms. The van der Waals surface area contributed by atoms with Crippen molar-refractivity contribution in [1.82, 2.24) is 10.2 Å². The Kier molecular flexibility index (Phi) is 9.47. The highest BCUT2D eigenvalue weighted by atomic mass is 35.5. The predicted octanol–water partition coefficient (Wildman–Crippen LogP) is 5.91. The molecule has 1 N–H and O–H groups in total. The van der Waals surface area contributed by atoms with E-state index in [0.717, 1.165) is 12.0 Å². The maximum absolute atomic E-state index is 13.3. The van der Waals surface area contributed by atoms with Gasteiger partial charge in [-0.1, -0.05) is 66.8 Å². The summed E-state index contributed by atoms with van der Waals surface area (Å²) >= 11 is 18.7. The van der Waals surface area contributed by atoms with Gasteiger partial charge in [0, 0.05) is 33.2 Å². The molecule has 0 spiro atoms. The molecule has 0 saturated carbocycles. The van der Waals surface area contributed by atoms with Crippen LogP contribution in [0.25, 0.3) is 0 Å². The highest BCUT2D eigenvalue weighted by Gasteiger charge is 2.30. The molecule has 2 rings (SSSR count). The monoisotopic (exact) mass is 468 g/mol. The number of benzene rings is 2. The summed E-state index contributed by atoms with van der Waals surface area (Å²) in [4.78, 5) is 27.8. The van der Waals surface area contributed by atoms with Crippen LogP contribution in [-0.2, 0) is 22.6 Å². The minimum atomic E-state index is -0.633. The number of carbonyl (C=O) groups excluding carboxylic acids is 2. The zero-order valence-corrected chi connectivity index (χ0v) is 19.7. The summed E-state index contributed by atoms with van der Waals surface area (Å²) in [6.07, 6.45) is 1.42. The van der Waals surface area contributed by atoms with Gasteiger partial charge in [0.25, 0.3) is 0 Å². The van der Waals surface area contributed by atoms with Gasteiger partial charge in [0.2, 0.25) is 11.8 Å². The number of hydrogen-bond acceptors (Lipinski definition) is 2. The molecular formula is C23H27Cl3N2O2. The van der Waals surface area contributed by atoms with E-state index in [-0.39, 0.29) is 30.8 Å². The molecule has 0 aromatic heterocycles. The molecule has 162 valence electrons. The average Bonchev–Trinajstić information content (AvgIpc) is 2.71. The topological polar surface area (TPSA) is 49.4 Å².